The third kappa shape index (κ3) is 2.46. The van der Waals surface area contributed by atoms with E-state index in [0.717, 1.165) is 48.6 Å². The minimum atomic E-state index is 0.303. The summed E-state index contributed by atoms with van der Waals surface area (Å²) in [6, 6.07) is 0. The fraction of sp³-hybridized carbons (Fsp3) is 0.667. The van der Waals surface area contributed by atoms with Crippen LogP contribution >= 0.6 is 0 Å². The molecular formula is C18H26N4O. The van der Waals surface area contributed by atoms with Crippen molar-refractivity contribution < 1.29 is 4.42 Å². The molecular weight excluding hydrogens is 288 g/mol. The molecule has 0 spiro atoms. The molecule has 1 fully saturated rings. The van der Waals surface area contributed by atoms with E-state index < -0.39 is 0 Å². The zero-order valence-corrected chi connectivity index (χ0v) is 14.4. The Morgan fingerprint density at radius 3 is 2.61 bits per heavy atom. The number of fused-ring (bicyclic) bond motifs is 3. The zero-order valence-electron chi connectivity index (χ0n) is 14.4. The molecule has 0 saturated carbocycles. The lowest BCUT2D eigenvalue weighted by Crippen LogP contribution is -2.26. The van der Waals surface area contributed by atoms with Crippen molar-refractivity contribution in [2.45, 2.75) is 52.9 Å². The van der Waals surface area contributed by atoms with Crippen LogP contribution in [0.25, 0.3) is 11.1 Å². The standard InChI is InChI=1S/C18H26N4O/c1-18(2,3)11-6-7-13-12(10-11)14-15(23-13)16(21-17(19)20-14)22-8-4-5-9-22/h11H,4-10H2,1-3H3,(H2,19,20,21). The maximum absolute atomic E-state index is 6.23. The molecule has 1 atom stereocenters. The number of furan rings is 1. The molecule has 0 amide bonds. The molecule has 1 aliphatic heterocycles. The minimum absolute atomic E-state index is 0.303. The molecule has 2 aromatic rings. The molecule has 124 valence electrons. The Morgan fingerprint density at radius 1 is 1.17 bits per heavy atom. The van der Waals surface area contributed by atoms with Gasteiger partial charge in [0.1, 0.15) is 11.3 Å². The third-order valence-electron chi connectivity index (χ3n) is 5.51. The van der Waals surface area contributed by atoms with Gasteiger partial charge in [-0.25, -0.2) is 4.98 Å². The van der Waals surface area contributed by atoms with Gasteiger partial charge >= 0.3 is 0 Å². The summed E-state index contributed by atoms with van der Waals surface area (Å²) in [5.41, 5.74) is 9.38. The molecule has 0 bridgehead atoms. The van der Waals surface area contributed by atoms with Crippen molar-refractivity contribution >= 4 is 22.9 Å². The highest BCUT2D eigenvalue weighted by Gasteiger charge is 2.33. The summed E-state index contributed by atoms with van der Waals surface area (Å²) >= 11 is 0. The number of nitrogens with zero attached hydrogens (tertiary/aromatic N) is 3. The molecule has 4 rings (SSSR count). The second-order valence-corrected chi connectivity index (χ2v) is 8.09. The monoisotopic (exact) mass is 314 g/mol. The van der Waals surface area contributed by atoms with Crippen LogP contribution in [0.4, 0.5) is 11.8 Å². The molecule has 5 heteroatoms. The summed E-state index contributed by atoms with van der Waals surface area (Å²) in [5, 5.41) is 0. The Hall–Kier alpha value is -1.78. The van der Waals surface area contributed by atoms with Gasteiger partial charge in [0.2, 0.25) is 5.95 Å². The lowest BCUT2D eigenvalue weighted by molar-refractivity contribution is 0.210. The van der Waals surface area contributed by atoms with Gasteiger partial charge in [-0.2, -0.15) is 4.98 Å². The fourth-order valence-electron chi connectivity index (χ4n) is 4.02. The van der Waals surface area contributed by atoms with Crippen LogP contribution in [0, 0.1) is 11.3 Å². The van der Waals surface area contributed by atoms with Crippen molar-refractivity contribution in [1.82, 2.24) is 9.97 Å². The number of nitrogen functional groups attached to an aromatic ring is 1. The van der Waals surface area contributed by atoms with Crippen molar-refractivity contribution in [3.8, 4) is 0 Å². The third-order valence-corrected chi connectivity index (χ3v) is 5.51. The lowest BCUT2D eigenvalue weighted by Gasteiger charge is -2.33. The van der Waals surface area contributed by atoms with Crippen LogP contribution in [0.1, 0.15) is 51.4 Å². The summed E-state index contributed by atoms with van der Waals surface area (Å²) in [6.45, 7) is 9.03. The largest absolute Gasteiger partial charge is 0.455 e. The van der Waals surface area contributed by atoms with Crippen molar-refractivity contribution in [1.29, 1.82) is 0 Å². The Kier molecular flexibility index (Phi) is 3.29. The molecule has 5 nitrogen and oxygen atoms in total. The van der Waals surface area contributed by atoms with Crippen LogP contribution in [0.15, 0.2) is 4.42 Å². The fourth-order valence-corrected chi connectivity index (χ4v) is 4.02. The van der Waals surface area contributed by atoms with Crippen molar-refractivity contribution in [2.75, 3.05) is 23.7 Å². The van der Waals surface area contributed by atoms with Gasteiger partial charge in [-0.1, -0.05) is 20.8 Å². The van der Waals surface area contributed by atoms with E-state index in [0.29, 0.717) is 17.3 Å². The second kappa shape index (κ2) is 5.11. The maximum atomic E-state index is 6.23. The zero-order chi connectivity index (χ0) is 16.2. The first kappa shape index (κ1) is 14.8. The lowest BCUT2D eigenvalue weighted by atomic mass is 9.72. The smallest absolute Gasteiger partial charge is 0.222 e. The first-order valence-electron chi connectivity index (χ1n) is 8.76. The molecule has 23 heavy (non-hydrogen) atoms. The molecule has 2 aliphatic rings. The summed E-state index contributed by atoms with van der Waals surface area (Å²) < 4.78 is 6.23. The minimum Gasteiger partial charge on any atom is -0.455 e. The Morgan fingerprint density at radius 2 is 1.91 bits per heavy atom. The van der Waals surface area contributed by atoms with E-state index in [1.165, 1.54) is 24.8 Å². The number of anilines is 2. The van der Waals surface area contributed by atoms with E-state index in [1.807, 2.05) is 0 Å². The van der Waals surface area contributed by atoms with Crippen LogP contribution in [0.3, 0.4) is 0 Å². The van der Waals surface area contributed by atoms with E-state index in [1.54, 1.807) is 0 Å². The molecule has 1 aliphatic carbocycles. The number of aryl methyl sites for hydroxylation is 1. The molecule has 0 aromatic carbocycles. The molecule has 3 heterocycles. The molecule has 0 radical (unpaired) electrons. The van der Waals surface area contributed by atoms with Gasteiger partial charge < -0.3 is 15.1 Å². The van der Waals surface area contributed by atoms with Crippen LogP contribution in [-0.4, -0.2) is 23.1 Å². The van der Waals surface area contributed by atoms with Gasteiger partial charge in [0.25, 0.3) is 0 Å². The van der Waals surface area contributed by atoms with Gasteiger partial charge in [-0.3, -0.25) is 0 Å². The van der Waals surface area contributed by atoms with E-state index in [4.69, 9.17) is 10.2 Å². The van der Waals surface area contributed by atoms with Crippen molar-refractivity contribution in [3.05, 3.63) is 11.3 Å². The Balaban J connectivity index is 1.83. The maximum Gasteiger partial charge on any atom is 0.222 e. The highest BCUT2D eigenvalue weighted by molar-refractivity contribution is 5.89. The van der Waals surface area contributed by atoms with E-state index in [9.17, 15) is 0 Å². The highest BCUT2D eigenvalue weighted by Crippen LogP contribution is 2.42. The predicted molar refractivity (Wildman–Crippen MR) is 92.6 cm³/mol. The Bertz CT molecular complexity index is 738. The number of hydrogen-bond acceptors (Lipinski definition) is 5. The molecule has 2 aromatic heterocycles. The van der Waals surface area contributed by atoms with Gasteiger partial charge in [0, 0.05) is 25.1 Å². The number of aromatic nitrogens is 2. The SMILES string of the molecule is CC(C)(C)C1CCc2oc3c(N4CCCC4)nc(N)nc3c2C1. The van der Waals surface area contributed by atoms with Gasteiger partial charge in [-0.05, 0) is 37.0 Å². The average molecular weight is 314 g/mol. The first-order chi connectivity index (χ1) is 10.9. The second-order valence-electron chi connectivity index (χ2n) is 8.09. The normalized spacial score (nSPS) is 21.9. The van der Waals surface area contributed by atoms with Crippen LogP contribution in [-0.2, 0) is 12.8 Å². The number of rotatable bonds is 1. The summed E-state index contributed by atoms with van der Waals surface area (Å²) in [5.74, 6) is 3.01. The summed E-state index contributed by atoms with van der Waals surface area (Å²) in [4.78, 5) is 11.3. The van der Waals surface area contributed by atoms with Crippen molar-refractivity contribution in [2.24, 2.45) is 11.3 Å². The molecule has 1 unspecified atom stereocenters. The molecule has 2 N–H and O–H groups in total. The predicted octanol–water partition coefficient (Wildman–Crippen LogP) is 3.56. The van der Waals surface area contributed by atoms with E-state index in [2.05, 4.69) is 35.6 Å². The van der Waals surface area contributed by atoms with Crippen molar-refractivity contribution in [3.63, 3.8) is 0 Å². The van der Waals surface area contributed by atoms with E-state index in [-0.39, 0.29) is 0 Å². The number of hydrogen-bond donors (Lipinski definition) is 1. The van der Waals surface area contributed by atoms with Gasteiger partial charge in [0.05, 0.1) is 0 Å². The first-order valence-corrected chi connectivity index (χ1v) is 8.76. The van der Waals surface area contributed by atoms with Gasteiger partial charge in [-0.15, -0.1) is 0 Å². The van der Waals surface area contributed by atoms with Crippen LogP contribution < -0.4 is 10.6 Å². The topological polar surface area (TPSA) is 68.2 Å². The quantitative estimate of drug-likeness (QED) is 0.871. The highest BCUT2D eigenvalue weighted by atomic mass is 16.3. The number of nitrogens with two attached hydrogens (primary N) is 1. The van der Waals surface area contributed by atoms with Crippen LogP contribution in [0.2, 0.25) is 0 Å². The Labute approximate surface area is 137 Å². The summed E-state index contributed by atoms with van der Waals surface area (Å²) in [7, 11) is 0. The van der Waals surface area contributed by atoms with Crippen LogP contribution in [0.5, 0.6) is 0 Å². The summed E-state index contributed by atoms with van der Waals surface area (Å²) in [6.07, 6.45) is 5.61. The van der Waals surface area contributed by atoms with E-state index >= 15 is 0 Å². The average Bonchev–Trinajstić information content (AvgIpc) is 3.12. The van der Waals surface area contributed by atoms with Gasteiger partial charge in [0.15, 0.2) is 11.4 Å². The molecule has 1 saturated heterocycles.